The Hall–Kier alpha value is -3.04. The number of thioether (sulfide) groups is 1. The standard InChI is InChI=1S/C23H23N3O4S2/c1-14-13-31-23(24-14)25-21(27)12-26-16-6-4-5-7-19(16)32-20(11-22(26)28)15-8-9-17(29-2)18(10-15)30-3/h4-10,13,20H,11-12H2,1-3H3,(H,24,25,27). The molecule has 0 bridgehead atoms. The highest BCUT2D eigenvalue weighted by molar-refractivity contribution is 7.99. The van der Waals surface area contributed by atoms with E-state index >= 15 is 0 Å². The molecule has 1 aliphatic rings. The van der Waals surface area contributed by atoms with Crippen LogP contribution < -0.4 is 19.7 Å². The number of amides is 2. The molecule has 2 amide bonds. The Labute approximate surface area is 194 Å². The van der Waals surface area contributed by atoms with Crippen molar-refractivity contribution in [3.05, 3.63) is 59.1 Å². The van der Waals surface area contributed by atoms with E-state index in [4.69, 9.17) is 9.47 Å². The number of benzene rings is 2. The predicted molar refractivity (Wildman–Crippen MR) is 127 cm³/mol. The van der Waals surface area contributed by atoms with E-state index < -0.39 is 0 Å². The van der Waals surface area contributed by atoms with Crippen LogP contribution in [0.2, 0.25) is 0 Å². The van der Waals surface area contributed by atoms with Crippen LogP contribution in [0.3, 0.4) is 0 Å². The van der Waals surface area contributed by atoms with Crippen molar-refractivity contribution < 1.29 is 19.1 Å². The summed E-state index contributed by atoms with van der Waals surface area (Å²) in [4.78, 5) is 32.7. The Kier molecular flexibility index (Phi) is 6.66. The smallest absolute Gasteiger partial charge is 0.246 e. The summed E-state index contributed by atoms with van der Waals surface area (Å²) in [5.41, 5.74) is 2.53. The lowest BCUT2D eigenvalue weighted by atomic mass is 10.1. The molecule has 32 heavy (non-hydrogen) atoms. The van der Waals surface area contributed by atoms with Crippen molar-refractivity contribution in [3.8, 4) is 11.5 Å². The molecule has 2 aromatic carbocycles. The predicted octanol–water partition coefficient (Wildman–Crippen LogP) is 4.68. The van der Waals surface area contributed by atoms with Gasteiger partial charge in [-0.25, -0.2) is 4.98 Å². The zero-order valence-corrected chi connectivity index (χ0v) is 19.6. The van der Waals surface area contributed by atoms with Gasteiger partial charge >= 0.3 is 0 Å². The van der Waals surface area contributed by atoms with Crippen molar-refractivity contribution in [2.45, 2.75) is 23.5 Å². The van der Waals surface area contributed by atoms with Crippen LogP contribution >= 0.6 is 23.1 Å². The monoisotopic (exact) mass is 469 g/mol. The Morgan fingerprint density at radius 1 is 1.19 bits per heavy atom. The molecule has 3 aromatic rings. The zero-order valence-electron chi connectivity index (χ0n) is 18.0. The lowest BCUT2D eigenvalue weighted by Gasteiger charge is -2.21. The van der Waals surface area contributed by atoms with Crippen LogP contribution in [0, 0.1) is 6.92 Å². The molecule has 0 saturated carbocycles. The summed E-state index contributed by atoms with van der Waals surface area (Å²) in [7, 11) is 3.18. The third kappa shape index (κ3) is 4.73. The van der Waals surface area contributed by atoms with Crippen molar-refractivity contribution >= 4 is 45.7 Å². The van der Waals surface area contributed by atoms with E-state index in [0.29, 0.717) is 16.6 Å². The molecule has 1 N–H and O–H groups in total. The number of aromatic nitrogens is 1. The molecule has 4 rings (SSSR count). The van der Waals surface area contributed by atoms with Gasteiger partial charge in [-0.05, 0) is 36.8 Å². The molecular formula is C23H23N3O4S2. The number of fused-ring (bicyclic) bond motifs is 1. The van der Waals surface area contributed by atoms with E-state index in [2.05, 4.69) is 10.3 Å². The van der Waals surface area contributed by atoms with Gasteiger partial charge in [-0.1, -0.05) is 18.2 Å². The fourth-order valence-corrected chi connectivity index (χ4v) is 5.48. The van der Waals surface area contributed by atoms with Gasteiger partial charge in [0.25, 0.3) is 0 Å². The molecule has 1 aliphatic heterocycles. The SMILES string of the molecule is COc1ccc(C2CC(=O)N(CC(=O)Nc3nc(C)cs3)c3ccccc3S2)cc1OC. The number of nitrogens with one attached hydrogen (secondary N) is 1. The lowest BCUT2D eigenvalue weighted by Crippen LogP contribution is -2.38. The minimum absolute atomic E-state index is 0.0757. The first-order valence-corrected chi connectivity index (χ1v) is 11.7. The number of aryl methyl sites for hydroxylation is 1. The topological polar surface area (TPSA) is 80.8 Å². The van der Waals surface area contributed by atoms with Crippen LogP contribution in [-0.4, -0.2) is 37.6 Å². The number of carbonyl (C=O) groups excluding carboxylic acids is 2. The Morgan fingerprint density at radius 3 is 2.69 bits per heavy atom. The number of carbonyl (C=O) groups is 2. The quantitative estimate of drug-likeness (QED) is 0.565. The minimum atomic E-state index is -0.280. The summed E-state index contributed by atoms with van der Waals surface area (Å²) in [6.07, 6.45) is 0.248. The number of ether oxygens (including phenoxy) is 2. The summed E-state index contributed by atoms with van der Waals surface area (Å²) in [5.74, 6) is 0.854. The molecule has 0 saturated heterocycles. The van der Waals surface area contributed by atoms with Gasteiger partial charge in [-0.2, -0.15) is 0 Å². The molecular weight excluding hydrogens is 446 g/mol. The second kappa shape index (κ2) is 9.62. The second-order valence-electron chi connectivity index (χ2n) is 7.21. The van der Waals surface area contributed by atoms with Crippen LogP contribution in [0.1, 0.15) is 22.9 Å². The maximum absolute atomic E-state index is 13.3. The first kappa shape index (κ1) is 22.2. The van der Waals surface area contributed by atoms with Crippen LogP contribution in [0.4, 0.5) is 10.8 Å². The number of hydrogen-bond acceptors (Lipinski definition) is 7. The average molecular weight is 470 g/mol. The van der Waals surface area contributed by atoms with Crippen LogP contribution in [0.25, 0.3) is 0 Å². The minimum Gasteiger partial charge on any atom is -0.493 e. The summed E-state index contributed by atoms with van der Waals surface area (Å²) < 4.78 is 10.8. The normalized spacial score (nSPS) is 15.7. The van der Waals surface area contributed by atoms with Gasteiger partial charge < -0.3 is 19.7 Å². The Balaban J connectivity index is 1.60. The average Bonchev–Trinajstić information content (AvgIpc) is 3.14. The number of anilines is 2. The number of hydrogen-bond donors (Lipinski definition) is 1. The highest BCUT2D eigenvalue weighted by Gasteiger charge is 2.31. The molecule has 166 valence electrons. The maximum atomic E-state index is 13.3. The van der Waals surface area contributed by atoms with Crippen molar-refractivity contribution in [3.63, 3.8) is 0 Å². The second-order valence-corrected chi connectivity index (χ2v) is 9.32. The molecule has 0 radical (unpaired) electrons. The largest absolute Gasteiger partial charge is 0.493 e. The van der Waals surface area contributed by atoms with Crippen molar-refractivity contribution in [2.24, 2.45) is 0 Å². The van der Waals surface area contributed by atoms with E-state index in [1.807, 2.05) is 54.8 Å². The molecule has 1 unspecified atom stereocenters. The van der Waals surface area contributed by atoms with Gasteiger partial charge in [0.15, 0.2) is 16.6 Å². The number of para-hydroxylation sites is 1. The summed E-state index contributed by atoms with van der Waals surface area (Å²) in [6.45, 7) is 1.79. The highest BCUT2D eigenvalue weighted by Crippen LogP contribution is 2.46. The number of rotatable bonds is 6. The fraction of sp³-hybridized carbons (Fsp3) is 0.261. The highest BCUT2D eigenvalue weighted by atomic mass is 32.2. The molecule has 0 spiro atoms. The third-order valence-electron chi connectivity index (χ3n) is 5.03. The fourth-order valence-electron chi connectivity index (χ4n) is 3.50. The van der Waals surface area contributed by atoms with Gasteiger partial charge in [0.05, 0.1) is 25.6 Å². The van der Waals surface area contributed by atoms with Gasteiger partial charge in [-0.15, -0.1) is 23.1 Å². The van der Waals surface area contributed by atoms with Crippen molar-refractivity contribution in [1.29, 1.82) is 0 Å². The molecule has 7 nitrogen and oxygen atoms in total. The lowest BCUT2D eigenvalue weighted by molar-refractivity contribution is -0.121. The van der Waals surface area contributed by atoms with Crippen LogP contribution in [-0.2, 0) is 9.59 Å². The van der Waals surface area contributed by atoms with Gasteiger partial charge in [0.2, 0.25) is 11.8 Å². The molecule has 0 fully saturated rings. The molecule has 1 aromatic heterocycles. The van der Waals surface area contributed by atoms with Crippen LogP contribution in [0.5, 0.6) is 11.5 Å². The molecule has 2 heterocycles. The van der Waals surface area contributed by atoms with E-state index in [1.54, 1.807) is 30.9 Å². The zero-order chi connectivity index (χ0) is 22.7. The number of thiazole rings is 1. The van der Waals surface area contributed by atoms with Crippen molar-refractivity contribution in [2.75, 3.05) is 31.0 Å². The Bertz CT molecular complexity index is 1150. The third-order valence-corrected chi connectivity index (χ3v) is 7.23. The molecule has 0 aliphatic carbocycles. The number of nitrogens with zero attached hydrogens (tertiary/aromatic N) is 2. The van der Waals surface area contributed by atoms with Crippen LogP contribution in [0.15, 0.2) is 52.7 Å². The number of methoxy groups -OCH3 is 2. The van der Waals surface area contributed by atoms with E-state index in [-0.39, 0.29) is 30.0 Å². The van der Waals surface area contributed by atoms with Gasteiger partial charge in [0, 0.05) is 21.9 Å². The van der Waals surface area contributed by atoms with E-state index in [0.717, 1.165) is 21.8 Å². The Morgan fingerprint density at radius 2 is 1.97 bits per heavy atom. The van der Waals surface area contributed by atoms with Crippen molar-refractivity contribution in [1.82, 2.24) is 4.98 Å². The molecule has 9 heteroatoms. The van der Waals surface area contributed by atoms with E-state index in [9.17, 15) is 9.59 Å². The van der Waals surface area contributed by atoms with E-state index in [1.165, 1.54) is 11.3 Å². The summed E-state index contributed by atoms with van der Waals surface area (Å²) >= 11 is 2.97. The first-order valence-electron chi connectivity index (χ1n) is 9.98. The maximum Gasteiger partial charge on any atom is 0.246 e. The summed E-state index contributed by atoms with van der Waals surface area (Å²) in [5, 5.41) is 5.06. The summed E-state index contributed by atoms with van der Waals surface area (Å²) in [6, 6.07) is 13.3. The molecule has 1 atom stereocenters. The van der Waals surface area contributed by atoms with Gasteiger partial charge in [-0.3, -0.25) is 9.59 Å². The first-order chi connectivity index (χ1) is 15.5. The van der Waals surface area contributed by atoms with Gasteiger partial charge in [0.1, 0.15) is 6.54 Å².